The average molecular weight is 260 g/mol. The van der Waals surface area contributed by atoms with Crippen molar-refractivity contribution in [1.29, 1.82) is 0 Å². The first kappa shape index (κ1) is 10.2. The second kappa shape index (κ2) is 4.47. The Kier molecular flexibility index (Phi) is 3.26. The van der Waals surface area contributed by atoms with Crippen molar-refractivity contribution in [3.63, 3.8) is 0 Å². The number of furan rings is 1. The summed E-state index contributed by atoms with van der Waals surface area (Å²) in [7, 11) is 0. The van der Waals surface area contributed by atoms with Crippen LogP contribution in [0.4, 0.5) is 0 Å². The fourth-order valence-corrected chi connectivity index (χ4v) is 2.38. The molecule has 1 unspecified atom stereocenters. The van der Waals surface area contributed by atoms with E-state index in [0.717, 1.165) is 42.0 Å². The Labute approximate surface area is 91.7 Å². The van der Waals surface area contributed by atoms with E-state index in [4.69, 9.17) is 14.9 Å². The topological polar surface area (TPSA) is 48.4 Å². The first-order valence-corrected chi connectivity index (χ1v) is 5.66. The summed E-state index contributed by atoms with van der Waals surface area (Å²) in [5, 5.41) is 0. The summed E-state index contributed by atoms with van der Waals surface area (Å²) >= 11 is 3.51. The molecule has 1 aromatic rings. The van der Waals surface area contributed by atoms with E-state index in [1.165, 1.54) is 0 Å². The van der Waals surface area contributed by atoms with Gasteiger partial charge in [0.2, 0.25) is 0 Å². The van der Waals surface area contributed by atoms with Gasteiger partial charge in [-0.15, -0.1) is 0 Å². The number of hydrogen-bond donors (Lipinski definition) is 1. The highest BCUT2D eigenvalue weighted by atomic mass is 79.9. The third-order valence-electron chi connectivity index (χ3n) is 2.46. The molecule has 1 aromatic heterocycles. The quantitative estimate of drug-likeness (QED) is 0.904. The predicted octanol–water partition coefficient (Wildman–Crippen LogP) is 2.05. The number of ether oxygens (including phenoxy) is 1. The third-order valence-corrected chi connectivity index (χ3v) is 3.08. The minimum Gasteiger partial charge on any atom is -0.464 e. The van der Waals surface area contributed by atoms with Crippen molar-refractivity contribution in [2.24, 2.45) is 5.73 Å². The van der Waals surface area contributed by atoms with Gasteiger partial charge >= 0.3 is 0 Å². The molecule has 1 fully saturated rings. The lowest BCUT2D eigenvalue weighted by molar-refractivity contribution is 0.191. The molecule has 0 spiro atoms. The zero-order valence-electron chi connectivity index (χ0n) is 7.96. The minimum absolute atomic E-state index is 0.413. The van der Waals surface area contributed by atoms with Gasteiger partial charge in [0.15, 0.2) is 0 Å². The number of nitrogens with two attached hydrogens (primary N) is 1. The van der Waals surface area contributed by atoms with Crippen LogP contribution in [0.25, 0.3) is 0 Å². The molecule has 1 aliphatic heterocycles. The molecule has 0 aliphatic carbocycles. The molecule has 0 amide bonds. The van der Waals surface area contributed by atoms with Gasteiger partial charge in [-0.3, -0.25) is 0 Å². The van der Waals surface area contributed by atoms with E-state index in [9.17, 15) is 0 Å². The van der Waals surface area contributed by atoms with Gasteiger partial charge in [-0.25, -0.2) is 0 Å². The van der Waals surface area contributed by atoms with Gasteiger partial charge in [0, 0.05) is 18.9 Å². The summed E-state index contributed by atoms with van der Waals surface area (Å²) in [5.41, 5.74) is 5.47. The monoisotopic (exact) mass is 259 g/mol. The van der Waals surface area contributed by atoms with Crippen LogP contribution in [0.2, 0.25) is 0 Å². The third kappa shape index (κ3) is 2.02. The Morgan fingerprint density at radius 1 is 1.57 bits per heavy atom. The van der Waals surface area contributed by atoms with Crippen molar-refractivity contribution in [3.05, 3.63) is 22.1 Å². The van der Waals surface area contributed by atoms with E-state index in [1.54, 1.807) is 0 Å². The van der Waals surface area contributed by atoms with Gasteiger partial charge in [0.05, 0.1) is 11.1 Å². The Bertz CT molecular complexity index is 305. The molecule has 1 saturated heterocycles. The molecule has 0 bridgehead atoms. The highest BCUT2D eigenvalue weighted by molar-refractivity contribution is 9.10. The van der Waals surface area contributed by atoms with Gasteiger partial charge in [0.1, 0.15) is 11.5 Å². The number of halogens is 1. The predicted molar refractivity (Wildman–Crippen MR) is 57.3 cm³/mol. The van der Waals surface area contributed by atoms with Crippen molar-refractivity contribution in [2.45, 2.75) is 18.8 Å². The van der Waals surface area contributed by atoms with Crippen molar-refractivity contribution >= 4 is 15.9 Å². The molecule has 3 nitrogen and oxygen atoms in total. The van der Waals surface area contributed by atoms with Crippen LogP contribution in [-0.4, -0.2) is 19.8 Å². The highest BCUT2D eigenvalue weighted by Crippen LogP contribution is 2.33. The lowest BCUT2D eigenvalue weighted by atomic mass is 10.1. The molecule has 2 heterocycles. The second-order valence-corrected chi connectivity index (χ2v) is 4.38. The molecule has 0 aromatic carbocycles. The molecule has 0 radical (unpaired) electrons. The van der Waals surface area contributed by atoms with Crippen LogP contribution in [0, 0.1) is 0 Å². The smallest absolute Gasteiger partial charge is 0.123 e. The lowest BCUT2D eigenvalue weighted by Crippen LogP contribution is -2.01. The minimum atomic E-state index is 0.413. The van der Waals surface area contributed by atoms with E-state index < -0.39 is 0 Å². The second-order valence-electron chi connectivity index (χ2n) is 3.52. The first-order chi connectivity index (χ1) is 6.81. The normalized spacial score (nSPS) is 21.7. The largest absolute Gasteiger partial charge is 0.464 e. The van der Waals surface area contributed by atoms with Gasteiger partial charge in [-0.1, -0.05) is 0 Å². The summed E-state index contributed by atoms with van der Waals surface area (Å²) in [6.07, 6.45) is 1.85. The Morgan fingerprint density at radius 2 is 2.43 bits per heavy atom. The van der Waals surface area contributed by atoms with Crippen LogP contribution in [0.1, 0.15) is 23.9 Å². The number of hydrogen-bond acceptors (Lipinski definition) is 3. The summed E-state index contributed by atoms with van der Waals surface area (Å²) in [5.74, 6) is 2.39. The van der Waals surface area contributed by atoms with Crippen molar-refractivity contribution in [3.8, 4) is 0 Å². The standard InChI is InChI=1S/C10H14BrNO2/c11-9-5-8(1-3-12)14-10(9)7-2-4-13-6-7/h5,7H,1-4,6,12H2. The van der Waals surface area contributed by atoms with E-state index in [0.29, 0.717) is 12.5 Å². The molecular weight excluding hydrogens is 246 g/mol. The molecule has 1 aliphatic rings. The molecular formula is C10H14BrNO2. The maximum atomic E-state index is 5.73. The van der Waals surface area contributed by atoms with Gasteiger partial charge in [0.25, 0.3) is 0 Å². The number of rotatable bonds is 3. The van der Waals surface area contributed by atoms with Crippen LogP contribution < -0.4 is 5.73 Å². The average Bonchev–Trinajstić information content (AvgIpc) is 2.74. The van der Waals surface area contributed by atoms with Gasteiger partial charge < -0.3 is 14.9 Å². The summed E-state index contributed by atoms with van der Waals surface area (Å²) < 4.78 is 12.1. The van der Waals surface area contributed by atoms with E-state index in [-0.39, 0.29) is 0 Å². The summed E-state index contributed by atoms with van der Waals surface area (Å²) in [4.78, 5) is 0. The van der Waals surface area contributed by atoms with Crippen LogP contribution in [0.3, 0.4) is 0 Å². The summed E-state index contributed by atoms with van der Waals surface area (Å²) in [6, 6.07) is 2.01. The molecule has 2 rings (SSSR count). The molecule has 2 N–H and O–H groups in total. The van der Waals surface area contributed by atoms with E-state index in [1.807, 2.05) is 6.07 Å². The Balaban J connectivity index is 2.15. The van der Waals surface area contributed by atoms with Crippen LogP contribution in [-0.2, 0) is 11.2 Å². The van der Waals surface area contributed by atoms with Crippen molar-refractivity contribution in [2.75, 3.05) is 19.8 Å². The van der Waals surface area contributed by atoms with E-state index in [2.05, 4.69) is 15.9 Å². The molecule has 4 heteroatoms. The Morgan fingerprint density at radius 3 is 3.07 bits per heavy atom. The van der Waals surface area contributed by atoms with Crippen LogP contribution in [0.5, 0.6) is 0 Å². The maximum absolute atomic E-state index is 5.73. The maximum Gasteiger partial charge on any atom is 0.123 e. The molecule has 1 atom stereocenters. The zero-order chi connectivity index (χ0) is 9.97. The fraction of sp³-hybridized carbons (Fsp3) is 0.600. The summed E-state index contributed by atoms with van der Waals surface area (Å²) in [6.45, 7) is 2.23. The Hall–Kier alpha value is -0.320. The lowest BCUT2D eigenvalue weighted by Gasteiger charge is -2.03. The highest BCUT2D eigenvalue weighted by Gasteiger charge is 2.23. The molecule has 0 saturated carbocycles. The van der Waals surface area contributed by atoms with Gasteiger partial charge in [-0.05, 0) is 35.0 Å². The fourth-order valence-electron chi connectivity index (χ4n) is 1.72. The van der Waals surface area contributed by atoms with Crippen LogP contribution >= 0.6 is 15.9 Å². The molecule has 78 valence electrons. The van der Waals surface area contributed by atoms with Gasteiger partial charge in [-0.2, -0.15) is 0 Å². The SMILES string of the molecule is NCCc1cc(Br)c(C2CCOC2)o1. The van der Waals surface area contributed by atoms with Crippen LogP contribution in [0.15, 0.2) is 15.0 Å². The first-order valence-electron chi connectivity index (χ1n) is 4.87. The van der Waals surface area contributed by atoms with Crippen molar-refractivity contribution < 1.29 is 9.15 Å². The van der Waals surface area contributed by atoms with Crippen molar-refractivity contribution in [1.82, 2.24) is 0 Å². The van der Waals surface area contributed by atoms with E-state index >= 15 is 0 Å². The molecule has 14 heavy (non-hydrogen) atoms. The zero-order valence-corrected chi connectivity index (χ0v) is 9.55.